The minimum absolute atomic E-state index is 0.162. The average molecular weight is 563 g/mol. The molecule has 5 aliphatic rings. The van der Waals surface area contributed by atoms with Crippen LogP contribution in [0, 0.1) is 52.3 Å². The van der Waals surface area contributed by atoms with E-state index in [9.17, 15) is 18.6 Å². The number of nitrogens with one attached hydrogen (secondary N) is 2. The summed E-state index contributed by atoms with van der Waals surface area (Å²) in [5, 5.41) is 29.2. The maximum Gasteiger partial charge on any atom is 0.255 e. The van der Waals surface area contributed by atoms with E-state index in [0.29, 0.717) is 54.3 Å². The molecule has 0 radical (unpaired) electrons. The van der Waals surface area contributed by atoms with Crippen molar-refractivity contribution in [3.63, 3.8) is 0 Å². The lowest BCUT2D eigenvalue weighted by atomic mass is 9.41. The topological polar surface area (TPSA) is 128 Å². The van der Waals surface area contributed by atoms with Gasteiger partial charge in [0.15, 0.2) is 0 Å². The van der Waals surface area contributed by atoms with Gasteiger partial charge in [0.2, 0.25) is 10.0 Å². The number of aromatic amines is 1. The Morgan fingerprint density at radius 1 is 1.03 bits per heavy atom. The number of fused-ring (bicyclic) bond motifs is 5. The Morgan fingerprint density at radius 3 is 2.46 bits per heavy atom. The Labute approximate surface area is 234 Å². The van der Waals surface area contributed by atoms with Crippen molar-refractivity contribution in [2.45, 2.75) is 122 Å². The molecule has 1 heterocycles. The number of nitrogens with zero attached hydrogens (tertiary/aromatic N) is 2. The highest BCUT2D eigenvalue weighted by molar-refractivity contribution is 7.93. The van der Waals surface area contributed by atoms with Crippen molar-refractivity contribution in [1.29, 1.82) is 0 Å². The van der Waals surface area contributed by atoms with Crippen LogP contribution >= 0.6 is 0 Å². The molecule has 9 heteroatoms. The second-order valence-corrected chi connectivity index (χ2v) is 16.6. The zero-order valence-corrected chi connectivity index (χ0v) is 25.1. The smallest absolute Gasteiger partial charge is 0.255 e. The number of sulfonamides is 1. The van der Waals surface area contributed by atoms with Gasteiger partial charge in [-0.2, -0.15) is 4.98 Å². The summed E-state index contributed by atoms with van der Waals surface area (Å²) in [7, 11) is -3.36. The van der Waals surface area contributed by atoms with Crippen molar-refractivity contribution in [3.05, 3.63) is 5.82 Å². The lowest BCUT2D eigenvalue weighted by Crippen LogP contribution is -2.62. The van der Waals surface area contributed by atoms with Crippen LogP contribution in [0.3, 0.4) is 0 Å². The molecule has 0 spiro atoms. The van der Waals surface area contributed by atoms with Gasteiger partial charge in [-0.1, -0.05) is 34.1 Å². The molecule has 0 aliphatic heterocycles. The molecule has 6 rings (SSSR count). The minimum Gasteiger partial charge on any atom is -0.393 e. The standard InChI is InChI=1S/C30H50N4O4S/c1-5-20-24-16-18(35)12-14-30(24,4)23-13-15-29(3)21(9-10-22(29)26(23)27(20)36)17(2)6-11-25-31-28(33-32-25)34-39(37,38)19-7-8-19/h17-24,26-27,35-36H,5-16H2,1-4H3,(H2,31,32,33,34)/t17-,18-,20-,21?,22+,23+,24?,26+,27-,29?,30?/m1/s1. The Kier molecular flexibility index (Phi) is 7.15. The first kappa shape index (κ1) is 28.0. The minimum atomic E-state index is -3.36. The third-order valence-electron chi connectivity index (χ3n) is 12.7. The van der Waals surface area contributed by atoms with Crippen LogP contribution in [0.1, 0.15) is 104 Å². The summed E-state index contributed by atoms with van der Waals surface area (Å²) in [6.07, 6.45) is 11.4. The van der Waals surface area contributed by atoms with Crippen LogP contribution in [0.15, 0.2) is 0 Å². The zero-order chi connectivity index (χ0) is 27.7. The summed E-state index contributed by atoms with van der Waals surface area (Å²) in [6, 6.07) is 0. The summed E-state index contributed by atoms with van der Waals surface area (Å²) >= 11 is 0. The van der Waals surface area contributed by atoms with E-state index in [1.54, 1.807) is 0 Å². The molecule has 8 nitrogen and oxygen atoms in total. The summed E-state index contributed by atoms with van der Waals surface area (Å²) in [5.74, 6) is 4.26. The van der Waals surface area contributed by atoms with E-state index in [2.05, 4.69) is 47.6 Å². The molecule has 0 bridgehead atoms. The van der Waals surface area contributed by atoms with E-state index in [1.807, 2.05) is 0 Å². The fraction of sp³-hybridized carbons (Fsp3) is 0.933. The van der Waals surface area contributed by atoms with Gasteiger partial charge in [0.1, 0.15) is 5.82 Å². The van der Waals surface area contributed by atoms with Crippen molar-refractivity contribution < 1.29 is 18.6 Å². The van der Waals surface area contributed by atoms with Gasteiger partial charge in [-0.3, -0.25) is 5.10 Å². The zero-order valence-electron chi connectivity index (χ0n) is 24.3. The van der Waals surface area contributed by atoms with Gasteiger partial charge in [-0.25, -0.2) is 13.1 Å². The van der Waals surface area contributed by atoms with Gasteiger partial charge in [0.25, 0.3) is 5.95 Å². The average Bonchev–Trinajstić information content (AvgIpc) is 3.58. The second kappa shape index (κ2) is 9.97. The number of H-pyrrole nitrogens is 1. The van der Waals surface area contributed by atoms with Crippen LogP contribution < -0.4 is 4.72 Å². The maximum atomic E-state index is 12.2. The molecule has 220 valence electrons. The molecule has 0 aromatic carbocycles. The highest BCUT2D eigenvalue weighted by Crippen LogP contribution is 2.69. The third kappa shape index (κ3) is 4.66. The number of aliphatic hydroxyl groups excluding tert-OH is 2. The largest absolute Gasteiger partial charge is 0.393 e. The molecule has 0 amide bonds. The number of aromatic nitrogens is 3. The number of hydrogen-bond donors (Lipinski definition) is 4. The third-order valence-corrected chi connectivity index (χ3v) is 14.5. The lowest BCUT2D eigenvalue weighted by Gasteiger charge is -2.64. The van der Waals surface area contributed by atoms with E-state index in [4.69, 9.17) is 0 Å². The molecule has 5 aliphatic carbocycles. The maximum absolute atomic E-state index is 12.2. The Morgan fingerprint density at radius 2 is 1.74 bits per heavy atom. The second-order valence-electron chi connectivity index (χ2n) is 14.6. The molecule has 11 atom stereocenters. The van der Waals surface area contributed by atoms with Gasteiger partial charge in [0, 0.05) is 6.42 Å². The van der Waals surface area contributed by atoms with Crippen molar-refractivity contribution in [2.24, 2.45) is 52.3 Å². The molecule has 5 saturated carbocycles. The predicted octanol–water partition coefficient (Wildman–Crippen LogP) is 4.90. The first-order valence-corrected chi connectivity index (χ1v) is 17.3. The van der Waals surface area contributed by atoms with E-state index in [1.165, 1.54) is 25.7 Å². The van der Waals surface area contributed by atoms with E-state index in [0.717, 1.165) is 44.3 Å². The highest BCUT2D eigenvalue weighted by Gasteiger charge is 2.64. The molecular formula is C30H50N4O4S. The lowest BCUT2D eigenvalue weighted by molar-refractivity contribution is -0.203. The Balaban J connectivity index is 1.14. The summed E-state index contributed by atoms with van der Waals surface area (Å²) in [4.78, 5) is 4.43. The molecule has 5 fully saturated rings. The van der Waals surface area contributed by atoms with Gasteiger partial charge in [0.05, 0.1) is 17.5 Å². The molecule has 1 aromatic rings. The van der Waals surface area contributed by atoms with Crippen molar-refractivity contribution in [2.75, 3.05) is 4.72 Å². The van der Waals surface area contributed by atoms with Crippen LogP contribution in [0.4, 0.5) is 5.95 Å². The fourth-order valence-electron chi connectivity index (χ4n) is 10.5. The molecule has 1 aromatic heterocycles. The van der Waals surface area contributed by atoms with Crippen LogP contribution in [-0.2, 0) is 16.4 Å². The van der Waals surface area contributed by atoms with E-state index in [-0.39, 0.29) is 34.2 Å². The van der Waals surface area contributed by atoms with Crippen LogP contribution in [0.5, 0.6) is 0 Å². The molecule has 0 saturated heterocycles. The summed E-state index contributed by atoms with van der Waals surface area (Å²) in [6.45, 7) is 9.64. The van der Waals surface area contributed by atoms with Crippen molar-refractivity contribution in [1.82, 2.24) is 15.2 Å². The van der Waals surface area contributed by atoms with Crippen LogP contribution in [0.2, 0.25) is 0 Å². The molecular weight excluding hydrogens is 512 g/mol. The Hall–Kier alpha value is -1.19. The number of hydrogen-bond acceptors (Lipinski definition) is 6. The molecule has 39 heavy (non-hydrogen) atoms. The van der Waals surface area contributed by atoms with Crippen LogP contribution in [-0.4, -0.2) is 51.3 Å². The highest BCUT2D eigenvalue weighted by atomic mass is 32.2. The fourth-order valence-corrected chi connectivity index (χ4v) is 11.8. The normalized spacial score (nSPS) is 44.8. The van der Waals surface area contributed by atoms with Gasteiger partial charge >= 0.3 is 0 Å². The van der Waals surface area contributed by atoms with Crippen LogP contribution in [0.25, 0.3) is 0 Å². The number of anilines is 1. The molecule has 4 unspecified atom stereocenters. The number of aryl methyl sites for hydroxylation is 1. The number of rotatable bonds is 8. The van der Waals surface area contributed by atoms with Gasteiger partial charge in [-0.15, -0.1) is 5.10 Å². The Bertz CT molecular complexity index is 1150. The first-order chi connectivity index (χ1) is 18.5. The summed E-state index contributed by atoms with van der Waals surface area (Å²) < 4.78 is 27.0. The number of aliphatic hydroxyl groups is 2. The first-order valence-electron chi connectivity index (χ1n) is 15.8. The monoisotopic (exact) mass is 562 g/mol. The molecule has 4 N–H and O–H groups in total. The van der Waals surface area contributed by atoms with Crippen molar-refractivity contribution in [3.8, 4) is 0 Å². The predicted molar refractivity (Wildman–Crippen MR) is 151 cm³/mol. The van der Waals surface area contributed by atoms with Crippen molar-refractivity contribution >= 4 is 16.0 Å². The summed E-state index contributed by atoms with van der Waals surface area (Å²) in [5.41, 5.74) is 0.476. The van der Waals surface area contributed by atoms with Gasteiger partial charge in [-0.05, 0) is 116 Å². The quantitative estimate of drug-likeness (QED) is 0.357. The SMILES string of the molecule is CC[C@@H]1C2C[C@H](O)CCC2(C)[C@H]2CCC3(C)C([C@H](C)CCc4nc(NS(=O)(=O)C5CC5)n[nH]4)CC[C@H]3[C@@H]2[C@@H]1O. The van der Waals surface area contributed by atoms with E-state index < -0.39 is 10.0 Å². The van der Waals surface area contributed by atoms with Gasteiger partial charge < -0.3 is 10.2 Å². The van der Waals surface area contributed by atoms with E-state index >= 15 is 0 Å².